The lowest BCUT2D eigenvalue weighted by Gasteiger charge is -2.19. The molecule has 0 amide bonds. The fourth-order valence-corrected chi connectivity index (χ4v) is 1.12. The number of hydrogen-bond acceptors (Lipinski definition) is 3. The van der Waals surface area contributed by atoms with Gasteiger partial charge in [-0.3, -0.25) is 10.1 Å². The molecule has 4 nitrogen and oxygen atoms in total. The minimum Gasteiger partial charge on any atom is -0.380 e. The molecule has 0 fully saturated rings. The number of nitrogens with zero attached hydrogens (tertiary/aromatic N) is 1. The monoisotopic (exact) mass is 235 g/mol. The lowest BCUT2D eigenvalue weighted by Crippen LogP contribution is -2.36. The Labute approximate surface area is 88.5 Å². The van der Waals surface area contributed by atoms with Crippen LogP contribution in [0.4, 0.5) is 13.2 Å². The van der Waals surface area contributed by atoms with Crippen LogP contribution in [-0.4, -0.2) is 22.7 Å². The van der Waals surface area contributed by atoms with Crippen molar-refractivity contribution in [3.05, 3.63) is 45.8 Å². The van der Waals surface area contributed by atoms with Gasteiger partial charge in [0.1, 0.15) is 5.82 Å². The molecule has 1 atom stereocenters. The van der Waals surface area contributed by atoms with Gasteiger partial charge < -0.3 is 5.11 Å². The second kappa shape index (κ2) is 4.48. The Morgan fingerprint density at radius 2 is 1.88 bits per heavy atom. The SMILES string of the molecule is O=[N+]([O-])CC(O)C(F)(F)c1ccc(F)cc1. The van der Waals surface area contributed by atoms with Crippen LogP contribution in [-0.2, 0) is 5.92 Å². The Balaban J connectivity index is 2.91. The summed E-state index contributed by atoms with van der Waals surface area (Å²) in [4.78, 5) is 8.95. The lowest BCUT2D eigenvalue weighted by atomic mass is 10.0. The van der Waals surface area contributed by atoms with Crippen molar-refractivity contribution in [2.45, 2.75) is 12.0 Å². The second-order valence-corrected chi connectivity index (χ2v) is 3.16. The number of benzene rings is 1. The van der Waals surface area contributed by atoms with Gasteiger partial charge in [-0.15, -0.1) is 0 Å². The Morgan fingerprint density at radius 3 is 2.31 bits per heavy atom. The highest BCUT2D eigenvalue weighted by Gasteiger charge is 2.43. The second-order valence-electron chi connectivity index (χ2n) is 3.16. The molecule has 7 heteroatoms. The van der Waals surface area contributed by atoms with E-state index < -0.39 is 34.9 Å². The highest BCUT2D eigenvalue weighted by Crippen LogP contribution is 2.31. The molecule has 0 radical (unpaired) electrons. The fraction of sp³-hybridized carbons (Fsp3) is 0.333. The third-order valence-electron chi connectivity index (χ3n) is 1.97. The molecule has 1 N–H and O–H groups in total. The smallest absolute Gasteiger partial charge is 0.305 e. The van der Waals surface area contributed by atoms with Gasteiger partial charge in [-0.1, -0.05) is 12.1 Å². The number of nitro groups is 1. The lowest BCUT2D eigenvalue weighted by molar-refractivity contribution is -0.497. The summed E-state index contributed by atoms with van der Waals surface area (Å²) in [6.45, 7) is -1.27. The van der Waals surface area contributed by atoms with Crippen LogP contribution in [0.5, 0.6) is 0 Å². The molecular formula is C9H8F3NO3. The summed E-state index contributed by atoms with van der Waals surface area (Å²) in [5.74, 6) is -4.48. The van der Waals surface area contributed by atoms with E-state index in [1.54, 1.807) is 0 Å². The van der Waals surface area contributed by atoms with Gasteiger partial charge in [0.25, 0.3) is 0 Å². The Bertz CT molecular complexity index is 380. The maximum Gasteiger partial charge on any atom is 0.305 e. The van der Waals surface area contributed by atoms with Crippen molar-refractivity contribution in [3.8, 4) is 0 Å². The molecule has 0 aliphatic carbocycles. The van der Waals surface area contributed by atoms with Crippen LogP contribution in [0.15, 0.2) is 24.3 Å². The van der Waals surface area contributed by atoms with Gasteiger partial charge >= 0.3 is 5.92 Å². The summed E-state index contributed by atoms with van der Waals surface area (Å²) in [5, 5.41) is 19.0. The van der Waals surface area contributed by atoms with Gasteiger partial charge in [0.15, 0.2) is 6.10 Å². The van der Waals surface area contributed by atoms with Crippen molar-refractivity contribution in [2.24, 2.45) is 0 Å². The van der Waals surface area contributed by atoms with Gasteiger partial charge in [-0.05, 0) is 12.1 Å². The Morgan fingerprint density at radius 1 is 1.38 bits per heavy atom. The van der Waals surface area contributed by atoms with E-state index >= 15 is 0 Å². The molecule has 1 unspecified atom stereocenters. The maximum atomic E-state index is 13.4. The maximum absolute atomic E-state index is 13.4. The molecule has 0 aliphatic heterocycles. The number of alkyl halides is 2. The third-order valence-corrected chi connectivity index (χ3v) is 1.97. The molecular weight excluding hydrogens is 227 g/mol. The number of halogens is 3. The normalized spacial score (nSPS) is 13.5. The topological polar surface area (TPSA) is 63.4 Å². The first-order chi connectivity index (χ1) is 7.34. The summed E-state index contributed by atoms with van der Waals surface area (Å²) in [5.41, 5.74) is -0.664. The Kier molecular flexibility index (Phi) is 3.48. The van der Waals surface area contributed by atoms with Crippen LogP contribution in [0, 0.1) is 15.9 Å². The van der Waals surface area contributed by atoms with E-state index in [9.17, 15) is 23.3 Å². The first-order valence-corrected chi connectivity index (χ1v) is 4.27. The van der Waals surface area contributed by atoms with Crippen molar-refractivity contribution >= 4 is 0 Å². The molecule has 1 aromatic carbocycles. The number of aliphatic hydroxyl groups is 1. The molecule has 0 aromatic heterocycles. The molecule has 0 aliphatic rings. The van der Waals surface area contributed by atoms with Crippen LogP contribution in [0.2, 0.25) is 0 Å². The molecule has 0 saturated carbocycles. The van der Waals surface area contributed by atoms with E-state index in [4.69, 9.17) is 5.11 Å². The zero-order chi connectivity index (χ0) is 12.3. The van der Waals surface area contributed by atoms with Crippen molar-refractivity contribution in [1.82, 2.24) is 0 Å². The van der Waals surface area contributed by atoms with Gasteiger partial charge in [-0.25, -0.2) is 4.39 Å². The van der Waals surface area contributed by atoms with Gasteiger partial charge in [0, 0.05) is 10.5 Å². The zero-order valence-corrected chi connectivity index (χ0v) is 7.94. The van der Waals surface area contributed by atoms with Crippen molar-refractivity contribution in [3.63, 3.8) is 0 Å². The average Bonchev–Trinajstić information content (AvgIpc) is 2.17. The predicted octanol–water partition coefficient (Wildman–Crippen LogP) is 1.56. The minimum atomic E-state index is -3.78. The third kappa shape index (κ3) is 2.69. The quantitative estimate of drug-likeness (QED) is 0.636. The molecule has 0 spiro atoms. The summed E-state index contributed by atoms with van der Waals surface area (Å²) < 4.78 is 39.2. The Hall–Kier alpha value is -1.63. The number of hydrogen-bond donors (Lipinski definition) is 1. The van der Waals surface area contributed by atoms with Crippen LogP contribution in [0.25, 0.3) is 0 Å². The van der Waals surface area contributed by atoms with E-state index in [0.717, 1.165) is 24.3 Å². The van der Waals surface area contributed by atoms with E-state index in [2.05, 4.69) is 0 Å². The highest BCUT2D eigenvalue weighted by molar-refractivity contribution is 5.22. The summed E-state index contributed by atoms with van der Waals surface area (Å²) in [7, 11) is 0. The molecule has 0 bridgehead atoms. The zero-order valence-electron chi connectivity index (χ0n) is 7.94. The molecule has 1 aromatic rings. The van der Waals surface area contributed by atoms with E-state index in [0.29, 0.717) is 0 Å². The fourth-order valence-electron chi connectivity index (χ4n) is 1.12. The first kappa shape index (κ1) is 12.4. The number of rotatable bonds is 4. The van der Waals surface area contributed by atoms with E-state index in [1.165, 1.54) is 0 Å². The molecule has 1 rings (SSSR count). The van der Waals surface area contributed by atoms with Crippen molar-refractivity contribution < 1.29 is 23.2 Å². The summed E-state index contributed by atoms with van der Waals surface area (Å²) >= 11 is 0. The molecule has 16 heavy (non-hydrogen) atoms. The largest absolute Gasteiger partial charge is 0.380 e. The molecule has 88 valence electrons. The van der Waals surface area contributed by atoms with Gasteiger partial charge in [-0.2, -0.15) is 8.78 Å². The van der Waals surface area contributed by atoms with Crippen LogP contribution in [0.1, 0.15) is 5.56 Å². The predicted molar refractivity (Wildman–Crippen MR) is 48.2 cm³/mol. The standard InChI is InChI=1S/C9H8F3NO3/c10-7-3-1-6(2-4-7)9(11,12)8(14)5-13(15)16/h1-4,8,14H,5H2. The molecule has 0 heterocycles. The van der Waals surface area contributed by atoms with Crippen LogP contribution in [0.3, 0.4) is 0 Å². The summed E-state index contributed by atoms with van der Waals surface area (Å²) in [6, 6.07) is 3.14. The van der Waals surface area contributed by atoms with Gasteiger partial charge in [0.2, 0.25) is 6.54 Å². The highest BCUT2D eigenvalue weighted by atomic mass is 19.3. The van der Waals surface area contributed by atoms with Crippen molar-refractivity contribution in [1.29, 1.82) is 0 Å². The van der Waals surface area contributed by atoms with E-state index in [-0.39, 0.29) is 0 Å². The van der Waals surface area contributed by atoms with Crippen LogP contribution < -0.4 is 0 Å². The number of aliphatic hydroxyl groups excluding tert-OH is 1. The molecule has 0 saturated heterocycles. The summed E-state index contributed by atoms with van der Waals surface area (Å²) in [6.07, 6.45) is -2.44. The van der Waals surface area contributed by atoms with Crippen LogP contribution >= 0.6 is 0 Å². The van der Waals surface area contributed by atoms with Crippen molar-refractivity contribution in [2.75, 3.05) is 6.54 Å². The minimum absolute atomic E-state index is 0.664. The first-order valence-electron chi connectivity index (χ1n) is 4.27. The van der Waals surface area contributed by atoms with E-state index in [1.807, 2.05) is 0 Å². The van der Waals surface area contributed by atoms with Gasteiger partial charge in [0.05, 0.1) is 0 Å². The average molecular weight is 235 g/mol.